The van der Waals surface area contributed by atoms with E-state index in [1.54, 1.807) is 0 Å². The van der Waals surface area contributed by atoms with Crippen LogP contribution < -0.4 is 16.0 Å². The lowest BCUT2D eigenvalue weighted by Gasteiger charge is -2.18. The zero-order valence-corrected chi connectivity index (χ0v) is 56.9. The van der Waals surface area contributed by atoms with E-state index in [1.165, 1.54) is 139 Å². The summed E-state index contributed by atoms with van der Waals surface area (Å²) in [5, 5.41) is 10.5. The van der Waals surface area contributed by atoms with E-state index in [1.807, 2.05) is 6.92 Å². The first-order valence-corrected chi connectivity index (χ1v) is 30.5. The molecule has 450 valence electrons. The SMILES string of the molecule is Cc1ccc(Cc2nc(C)c(C)c(Nc3cc(C)c(C)c(C)c3C)n2)c(C)c1C.Cc1ccc(Cc2nc(Nc3cc(C)c(C)c(C)c3C)nc(C)c2C)c(C)c1C.Cc1nc(Cc2ccc(C)c(C)c2C)nc(Nc2cc(C)c(C)c(C)c2C)n1. The van der Waals surface area contributed by atoms with Crippen molar-refractivity contribution in [3.05, 3.63) is 234 Å². The summed E-state index contributed by atoms with van der Waals surface area (Å²) in [4.78, 5) is 33.1. The zero-order valence-electron chi connectivity index (χ0n) is 56.9. The minimum absolute atomic E-state index is 0.606. The molecule has 0 saturated carbocycles. The number of anilines is 6. The van der Waals surface area contributed by atoms with Gasteiger partial charge in [-0.05, 0) is 337 Å². The summed E-state index contributed by atoms with van der Waals surface area (Å²) in [5.41, 5.74) is 40.2. The lowest BCUT2D eigenvalue weighted by molar-refractivity contribution is 0.881. The smallest absolute Gasteiger partial charge is 0.230 e. The maximum absolute atomic E-state index is 4.92. The molecule has 9 aromatic rings. The van der Waals surface area contributed by atoms with Crippen LogP contribution in [0.2, 0.25) is 0 Å². The van der Waals surface area contributed by atoms with Crippen LogP contribution in [0.5, 0.6) is 0 Å². The average molecular weight is 1150 g/mol. The van der Waals surface area contributed by atoms with Crippen molar-refractivity contribution in [2.75, 3.05) is 16.0 Å². The van der Waals surface area contributed by atoms with E-state index < -0.39 is 0 Å². The van der Waals surface area contributed by atoms with E-state index in [0.717, 1.165) is 75.8 Å². The summed E-state index contributed by atoms with van der Waals surface area (Å²) in [6, 6.07) is 19.8. The molecule has 0 bridgehead atoms. The molecule has 10 nitrogen and oxygen atoms in total. The van der Waals surface area contributed by atoms with Gasteiger partial charge in [0.2, 0.25) is 11.9 Å². The van der Waals surface area contributed by atoms with Crippen LogP contribution in [0.25, 0.3) is 0 Å². The van der Waals surface area contributed by atoms with Crippen LogP contribution >= 0.6 is 0 Å². The summed E-state index contributed by atoms with van der Waals surface area (Å²) in [6.45, 7) is 55.9. The Labute approximate surface area is 516 Å². The Morgan fingerprint density at radius 3 is 1.02 bits per heavy atom. The van der Waals surface area contributed by atoms with Gasteiger partial charge >= 0.3 is 0 Å². The van der Waals surface area contributed by atoms with Gasteiger partial charge in [-0.3, -0.25) is 0 Å². The van der Waals surface area contributed by atoms with Gasteiger partial charge in [-0.25, -0.2) is 24.9 Å². The molecular weight excluding hydrogens is 1050 g/mol. The molecule has 3 N–H and O–H groups in total. The van der Waals surface area contributed by atoms with Crippen LogP contribution in [0.15, 0.2) is 54.6 Å². The largest absolute Gasteiger partial charge is 0.340 e. The second-order valence-corrected chi connectivity index (χ2v) is 24.7. The van der Waals surface area contributed by atoms with Crippen molar-refractivity contribution in [3.8, 4) is 0 Å². The van der Waals surface area contributed by atoms with Crippen molar-refractivity contribution in [2.45, 2.75) is 199 Å². The third-order valence-corrected chi connectivity index (χ3v) is 19.5. The number of rotatable bonds is 12. The molecule has 0 aliphatic carbocycles. The third-order valence-electron chi connectivity index (χ3n) is 19.5. The van der Waals surface area contributed by atoms with Crippen LogP contribution in [0.3, 0.4) is 0 Å². The van der Waals surface area contributed by atoms with Crippen LogP contribution in [0, 0.1) is 180 Å². The van der Waals surface area contributed by atoms with Crippen LogP contribution in [0.1, 0.15) is 179 Å². The first kappa shape index (κ1) is 65.4. The topological polar surface area (TPSA) is 126 Å². The second-order valence-electron chi connectivity index (χ2n) is 24.7. The first-order chi connectivity index (χ1) is 40.4. The highest BCUT2D eigenvalue weighted by Gasteiger charge is 2.18. The lowest BCUT2D eigenvalue weighted by atomic mass is 9.95. The Bertz CT molecular complexity index is 4070. The molecule has 0 unspecified atom stereocenters. The van der Waals surface area contributed by atoms with Gasteiger partial charge in [0.15, 0.2) is 0 Å². The lowest BCUT2D eigenvalue weighted by Crippen LogP contribution is -2.08. The highest BCUT2D eigenvalue weighted by atomic mass is 15.2. The van der Waals surface area contributed by atoms with Gasteiger partial charge in [-0.1, -0.05) is 36.4 Å². The van der Waals surface area contributed by atoms with Gasteiger partial charge in [0.05, 0.1) is 5.69 Å². The summed E-state index contributed by atoms with van der Waals surface area (Å²) in [5.74, 6) is 4.57. The number of aromatic nitrogens is 7. The predicted molar refractivity (Wildman–Crippen MR) is 364 cm³/mol. The van der Waals surface area contributed by atoms with Crippen molar-refractivity contribution >= 4 is 34.8 Å². The molecule has 0 aliphatic rings. The van der Waals surface area contributed by atoms with Gasteiger partial charge in [-0.15, -0.1) is 0 Å². The number of aryl methyl sites for hydroxylation is 9. The summed E-state index contributed by atoms with van der Waals surface area (Å²) < 4.78 is 0. The number of nitrogens with zero attached hydrogens (tertiary/aromatic N) is 7. The highest BCUT2D eigenvalue weighted by Crippen LogP contribution is 2.33. The Morgan fingerprint density at radius 2 is 0.605 bits per heavy atom. The molecule has 0 aliphatic heterocycles. The molecule has 0 fully saturated rings. The molecule has 3 aromatic heterocycles. The van der Waals surface area contributed by atoms with E-state index in [2.05, 4.69) is 254 Å². The molecule has 9 rings (SSSR count). The molecular formula is C76H96N10. The Morgan fingerprint density at radius 1 is 0.256 bits per heavy atom. The minimum atomic E-state index is 0.606. The molecule has 3 heterocycles. The fourth-order valence-corrected chi connectivity index (χ4v) is 11.0. The molecule has 0 amide bonds. The van der Waals surface area contributed by atoms with E-state index in [0.29, 0.717) is 18.3 Å². The third kappa shape index (κ3) is 14.6. The first-order valence-electron chi connectivity index (χ1n) is 30.5. The number of hydrogen-bond donors (Lipinski definition) is 3. The van der Waals surface area contributed by atoms with Crippen molar-refractivity contribution < 1.29 is 0 Å². The van der Waals surface area contributed by atoms with Crippen LogP contribution in [-0.4, -0.2) is 34.9 Å². The van der Waals surface area contributed by atoms with E-state index in [4.69, 9.17) is 24.9 Å². The number of hydrogen-bond acceptors (Lipinski definition) is 10. The highest BCUT2D eigenvalue weighted by molar-refractivity contribution is 5.68. The molecule has 10 heteroatoms. The van der Waals surface area contributed by atoms with Crippen LogP contribution in [-0.2, 0) is 19.3 Å². The zero-order chi connectivity index (χ0) is 63.5. The Kier molecular flexibility index (Phi) is 20.6. The predicted octanol–water partition coefficient (Wildman–Crippen LogP) is 18.8. The molecule has 86 heavy (non-hydrogen) atoms. The van der Waals surface area contributed by atoms with Crippen molar-refractivity contribution in [1.82, 2.24) is 34.9 Å². The minimum Gasteiger partial charge on any atom is -0.340 e. The Balaban J connectivity index is 0.000000185. The van der Waals surface area contributed by atoms with Gasteiger partial charge in [0.25, 0.3) is 0 Å². The molecule has 0 saturated heterocycles. The van der Waals surface area contributed by atoms with E-state index in [-0.39, 0.29) is 0 Å². The fourth-order valence-electron chi connectivity index (χ4n) is 11.0. The van der Waals surface area contributed by atoms with Gasteiger partial charge in [0, 0.05) is 53.3 Å². The summed E-state index contributed by atoms with van der Waals surface area (Å²) in [7, 11) is 0. The van der Waals surface area contributed by atoms with Gasteiger partial charge in [0.1, 0.15) is 23.3 Å². The monoisotopic (exact) mass is 1150 g/mol. The van der Waals surface area contributed by atoms with Crippen molar-refractivity contribution in [2.24, 2.45) is 0 Å². The molecule has 0 spiro atoms. The maximum Gasteiger partial charge on any atom is 0.230 e. The van der Waals surface area contributed by atoms with E-state index >= 15 is 0 Å². The quantitative estimate of drug-likeness (QED) is 0.109. The molecule has 6 aromatic carbocycles. The normalized spacial score (nSPS) is 11.0. The van der Waals surface area contributed by atoms with Crippen LogP contribution in [0.4, 0.5) is 34.8 Å². The fraction of sp³-hybridized carbons (Fsp3) is 0.382. The number of benzene rings is 6. The van der Waals surface area contributed by atoms with Crippen molar-refractivity contribution in [1.29, 1.82) is 0 Å². The summed E-state index contributed by atoms with van der Waals surface area (Å²) in [6.07, 6.45) is 2.27. The average Bonchev–Trinajstić information content (AvgIpc) is 1.98. The van der Waals surface area contributed by atoms with Gasteiger partial charge < -0.3 is 16.0 Å². The van der Waals surface area contributed by atoms with E-state index in [9.17, 15) is 0 Å². The number of nitrogens with one attached hydrogen (secondary N) is 3. The molecule has 0 atom stereocenters. The Hall–Kier alpha value is -8.11. The maximum atomic E-state index is 4.92. The molecule has 0 radical (unpaired) electrons. The van der Waals surface area contributed by atoms with Gasteiger partial charge in [-0.2, -0.15) is 9.97 Å². The summed E-state index contributed by atoms with van der Waals surface area (Å²) >= 11 is 0. The second kappa shape index (κ2) is 27.1. The van der Waals surface area contributed by atoms with Crippen molar-refractivity contribution in [3.63, 3.8) is 0 Å². The standard InChI is InChI=1S/2C26H33N3.C24H30N4/c1-14-10-11-23(19(6)16(14)3)13-25-27-22(9)21(8)26(29-25)28-24-12-15(2)17(4)18(5)20(24)7;1-14-10-11-23(19(6)16(14)3)13-25-21(8)22(9)27-26(29-25)28-24-12-15(2)17(4)18(5)20(24)7;1-13-9-10-21(18(6)15(13)3)12-23-25-20(8)26-24(28-23)27-22-11-14(2)16(4)17(5)19(22)7/h2*10-12H,13H2,1-9H3,(H,27,28,29);9-11H,12H2,1-8H3,(H,25,26,27,28).